The van der Waals surface area contributed by atoms with E-state index in [4.69, 9.17) is 25.8 Å². The summed E-state index contributed by atoms with van der Waals surface area (Å²) < 4.78 is 15.7. The van der Waals surface area contributed by atoms with Gasteiger partial charge in [0.2, 0.25) is 5.75 Å². The number of alkyl halides is 1. The minimum Gasteiger partial charge on any atom is -0.493 e. The molecule has 0 aromatic heterocycles. The molecule has 0 aliphatic carbocycles. The van der Waals surface area contributed by atoms with E-state index in [0.29, 0.717) is 28.7 Å². The standard InChI is InChI=1S/C15H22ClNO4/c1-5-11(6-7-16)17-15(18)10-8-12(19-2)14(21-4)13(9-10)20-3/h8-9,11H,5-7H2,1-4H3,(H,17,18). The first-order valence-corrected chi connectivity index (χ1v) is 7.31. The lowest BCUT2D eigenvalue weighted by Crippen LogP contribution is -2.34. The fourth-order valence-corrected chi connectivity index (χ4v) is 2.25. The summed E-state index contributed by atoms with van der Waals surface area (Å²) in [5, 5.41) is 2.95. The number of hydrogen-bond donors (Lipinski definition) is 1. The zero-order valence-corrected chi connectivity index (χ0v) is 13.6. The first-order chi connectivity index (χ1) is 10.1. The second kappa shape index (κ2) is 8.62. The molecule has 0 spiro atoms. The molecule has 21 heavy (non-hydrogen) atoms. The van der Waals surface area contributed by atoms with Crippen LogP contribution < -0.4 is 19.5 Å². The molecular weight excluding hydrogens is 294 g/mol. The second-order valence-corrected chi connectivity index (χ2v) is 4.85. The van der Waals surface area contributed by atoms with Crippen LogP contribution >= 0.6 is 11.6 Å². The van der Waals surface area contributed by atoms with Gasteiger partial charge in [-0.05, 0) is 25.0 Å². The number of halogens is 1. The number of benzene rings is 1. The van der Waals surface area contributed by atoms with Crippen molar-refractivity contribution in [1.29, 1.82) is 0 Å². The van der Waals surface area contributed by atoms with Crippen molar-refractivity contribution in [2.24, 2.45) is 0 Å². The van der Waals surface area contributed by atoms with E-state index in [9.17, 15) is 4.79 Å². The lowest BCUT2D eigenvalue weighted by atomic mass is 10.1. The quantitative estimate of drug-likeness (QED) is 0.749. The Labute approximate surface area is 130 Å². The molecule has 0 aliphatic heterocycles. The van der Waals surface area contributed by atoms with Crippen molar-refractivity contribution in [2.75, 3.05) is 27.2 Å². The zero-order chi connectivity index (χ0) is 15.8. The van der Waals surface area contributed by atoms with Crippen LogP contribution in [0.3, 0.4) is 0 Å². The first-order valence-electron chi connectivity index (χ1n) is 6.78. The minimum atomic E-state index is -0.189. The van der Waals surface area contributed by atoms with Crippen LogP contribution in [-0.4, -0.2) is 39.2 Å². The number of nitrogens with one attached hydrogen (secondary N) is 1. The van der Waals surface area contributed by atoms with Gasteiger partial charge in [-0.1, -0.05) is 6.92 Å². The van der Waals surface area contributed by atoms with Gasteiger partial charge in [0.15, 0.2) is 11.5 Å². The van der Waals surface area contributed by atoms with E-state index in [1.807, 2.05) is 6.92 Å². The van der Waals surface area contributed by atoms with Crippen LogP contribution in [0.4, 0.5) is 0 Å². The number of hydrogen-bond acceptors (Lipinski definition) is 4. The van der Waals surface area contributed by atoms with Crippen LogP contribution in [0.5, 0.6) is 17.2 Å². The van der Waals surface area contributed by atoms with Crippen molar-refractivity contribution in [3.8, 4) is 17.2 Å². The fourth-order valence-electron chi connectivity index (χ4n) is 1.99. The highest BCUT2D eigenvalue weighted by Crippen LogP contribution is 2.38. The molecule has 1 rings (SSSR count). The van der Waals surface area contributed by atoms with Crippen molar-refractivity contribution < 1.29 is 19.0 Å². The maximum absolute atomic E-state index is 12.3. The van der Waals surface area contributed by atoms with Gasteiger partial charge < -0.3 is 19.5 Å². The van der Waals surface area contributed by atoms with Crippen LogP contribution in [0.25, 0.3) is 0 Å². The molecule has 1 atom stereocenters. The monoisotopic (exact) mass is 315 g/mol. The van der Waals surface area contributed by atoms with E-state index < -0.39 is 0 Å². The van der Waals surface area contributed by atoms with Gasteiger partial charge in [0.05, 0.1) is 21.3 Å². The number of methoxy groups -OCH3 is 3. The van der Waals surface area contributed by atoms with Gasteiger partial charge in [-0.25, -0.2) is 0 Å². The van der Waals surface area contributed by atoms with Gasteiger partial charge in [0.25, 0.3) is 5.91 Å². The Bertz CT molecular complexity index is 454. The van der Waals surface area contributed by atoms with Crippen LogP contribution in [0, 0.1) is 0 Å². The lowest BCUT2D eigenvalue weighted by molar-refractivity contribution is 0.0934. The molecule has 1 amide bonds. The third-order valence-electron chi connectivity index (χ3n) is 3.21. The SMILES string of the molecule is CCC(CCCl)NC(=O)c1cc(OC)c(OC)c(OC)c1. The average molecular weight is 316 g/mol. The molecular formula is C15H22ClNO4. The maximum Gasteiger partial charge on any atom is 0.251 e. The molecule has 1 aromatic rings. The van der Waals surface area contributed by atoms with E-state index in [1.165, 1.54) is 21.3 Å². The van der Waals surface area contributed by atoms with Gasteiger partial charge in [-0.2, -0.15) is 0 Å². The van der Waals surface area contributed by atoms with Gasteiger partial charge in [0, 0.05) is 17.5 Å². The van der Waals surface area contributed by atoms with Crippen LogP contribution in [0.2, 0.25) is 0 Å². The highest BCUT2D eigenvalue weighted by molar-refractivity contribution is 6.17. The summed E-state index contributed by atoms with van der Waals surface area (Å²) in [7, 11) is 4.55. The number of ether oxygens (including phenoxy) is 3. The molecule has 0 heterocycles. The summed E-state index contributed by atoms with van der Waals surface area (Å²) in [6.45, 7) is 2.01. The Kier molecular flexibility index (Phi) is 7.15. The average Bonchev–Trinajstić information content (AvgIpc) is 2.52. The summed E-state index contributed by atoms with van der Waals surface area (Å²) in [6, 6.07) is 3.31. The van der Waals surface area contributed by atoms with Crippen LogP contribution in [0.15, 0.2) is 12.1 Å². The molecule has 1 N–H and O–H groups in total. The molecule has 5 nitrogen and oxygen atoms in total. The Morgan fingerprint density at radius 3 is 2.14 bits per heavy atom. The molecule has 118 valence electrons. The minimum absolute atomic E-state index is 0.0501. The van der Waals surface area contributed by atoms with Crippen molar-refractivity contribution in [1.82, 2.24) is 5.32 Å². The molecule has 1 unspecified atom stereocenters. The Hall–Kier alpha value is -1.62. The van der Waals surface area contributed by atoms with Crippen molar-refractivity contribution in [3.63, 3.8) is 0 Å². The molecule has 0 aliphatic rings. The number of amides is 1. The molecule has 1 aromatic carbocycles. The lowest BCUT2D eigenvalue weighted by Gasteiger charge is -2.17. The van der Waals surface area contributed by atoms with Gasteiger partial charge in [-0.15, -0.1) is 11.6 Å². The summed E-state index contributed by atoms with van der Waals surface area (Å²) in [5.41, 5.74) is 0.456. The molecule has 0 saturated heterocycles. The smallest absolute Gasteiger partial charge is 0.251 e. The van der Waals surface area contributed by atoms with Gasteiger partial charge in [-0.3, -0.25) is 4.79 Å². The van der Waals surface area contributed by atoms with Crippen molar-refractivity contribution in [2.45, 2.75) is 25.8 Å². The number of rotatable bonds is 8. The van der Waals surface area contributed by atoms with E-state index in [-0.39, 0.29) is 11.9 Å². The second-order valence-electron chi connectivity index (χ2n) is 4.47. The molecule has 0 saturated carbocycles. The predicted octanol–water partition coefficient (Wildman–Crippen LogP) is 2.85. The largest absolute Gasteiger partial charge is 0.493 e. The van der Waals surface area contributed by atoms with Crippen LogP contribution in [0.1, 0.15) is 30.1 Å². The molecule has 0 bridgehead atoms. The summed E-state index contributed by atoms with van der Waals surface area (Å²) in [4.78, 5) is 12.3. The Balaban J connectivity index is 3.04. The van der Waals surface area contributed by atoms with E-state index in [1.54, 1.807) is 12.1 Å². The Morgan fingerprint density at radius 1 is 1.19 bits per heavy atom. The van der Waals surface area contributed by atoms with E-state index in [0.717, 1.165) is 12.8 Å². The van der Waals surface area contributed by atoms with Gasteiger partial charge in [0.1, 0.15) is 0 Å². The molecule has 6 heteroatoms. The first kappa shape index (κ1) is 17.4. The van der Waals surface area contributed by atoms with E-state index in [2.05, 4.69) is 5.32 Å². The van der Waals surface area contributed by atoms with Crippen LogP contribution in [-0.2, 0) is 0 Å². The fraction of sp³-hybridized carbons (Fsp3) is 0.533. The summed E-state index contributed by atoms with van der Waals surface area (Å²) in [5.74, 6) is 1.68. The van der Waals surface area contributed by atoms with Crippen molar-refractivity contribution in [3.05, 3.63) is 17.7 Å². The normalized spacial score (nSPS) is 11.7. The third kappa shape index (κ3) is 4.43. The molecule has 0 fully saturated rings. The zero-order valence-electron chi connectivity index (χ0n) is 12.9. The van der Waals surface area contributed by atoms with E-state index >= 15 is 0 Å². The highest BCUT2D eigenvalue weighted by Gasteiger charge is 2.18. The Morgan fingerprint density at radius 2 is 1.76 bits per heavy atom. The summed E-state index contributed by atoms with van der Waals surface area (Å²) in [6.07, 6.45) is 1.55. The van der Waals surface area contributed by atoms with Crippen molar-refractivity contribution >= 4 is 17.5 Å². The summed E-state index contributed by atoms with van der Waals surface area (Å²) >= 11 is 5.73. The topological polar surface area (TPSA) is 56.8 Å². The molecule has 0 radical (unpaired) electrons. The maximum atomic E-state index is 12.3. The highest BCUT2D eigenvalue weighted by atomic mass is 35.5. The number of carbonyl (C=O) groups is 1. The van der Waals surface area contributed by atoms with Gasteiger partial charge >= 0.3 is 0 Å². The number of carbonyl (C=O) groups excluding carboxylic acids is 1. The predicted molar refractivity (Wildman–Crippen MR) is 83.0 cm³/mol. The third-order valence-corrected chi connectivity index (χ3v) is 3.43.